The fourth-order valence-corrected chi connectivity index (χ4v) is 3.11. The SMILES string of the molecule is COC(=O)c1cc(OC)c(OC)cc1NC(=O)[C@H](c1ccc(Cl)cc1)C(C)C. The second-order valence-electron chi connectivity index (χ2n) is 6.51. The highest BCUT2D eigenvalue weighted by molar-refractivity contribution is 6.30. The van der Waals surface area contributed by atoms with Gasteiger partial charge in [-0.05, 0) is 23.6 Å². The molecule has 0 spiro atoms. The number of esters is 1. The molecule has 1 amide bonds. The minimum absolute atomic E-state index is 0.0166. The summed E-state index contributed by atoms with van der Waals surface area (Å²) >= 11 is 5.96. The molecular formula is C21H24ClNO5. The van der Waals surface area contributed by atoms with Crippen molar-refractivity contribution in [2.75, 3.05) is 26.6 Å². The molecule has 0 aliphatic rings. The van der Waals surface area contributed by atoms with Crippen LogP contribution in [0, 0.1) is 5.92 Å². The monoisotopic (exact) mass is 405 g/mol. The van der Waals surface area contributed by atoms with Crippen molar-refractivity contribution in [1.82, 2.24) is 0 Å². The summed E-state index contributed by atoms with van der Waals surface area (Å²) in [4.78, 5) is 25.3. The lowest BCUT2D eigenvalue weighted by molar-refractivity contribution is -0.118. The zero-order valence-electron chi connectivity index (χ0n) is 16.5. The van der Waals surface area contributed by atoms with Gasteiger partial charge in [0.2, 0.25) is 5.91 Å². The van der Waals surface area contributed by atoms with Crippen molar-refractivity contribution in [2.24, 2.45) is 5.92 Å². The highest BCUT2D eigenvalue weighted by Crippen LogP contribution is 2.35. The Morgan fingerprint density at radius 1 is 0.964 bits per heavy atom. The molecule has 0 heterocycles. The molecule has 0 aliphatic carbocycles. The van der Waals surface area contributed by atoms with E-state index in [1.807, 2.05) is 26.0 Å². The Morgan fingerprint density at radius 3 is 2.04 bits per heavy atom. The topological polar surface area (TPSA) is 73.9 Å². The van der Waals surface area contributed by atoms with Crippen LogP contribution in [0.1, 0.15) is 35.7 Å². The molecule has 0 bridgehead atoms. The Kier molecular flexibility index (Phi) is 7.29. The van der Waals surface area contributed by atoms with Gasteiger partial charge in [-0.25, -0.2) is 4.79 Å². The van der Waals surface area contributed by atoms with Crippen LogP contribution in [-0.2, 0) is 9.53 Å². The molecule has 0 fully saturated rings. The van der Waals surface area contributed by atoms with Gasteiger partial charge in [0.25, 0.3) is 0 Å². The standard InChI is InChI=1S/C21H24ClNO5/c1-12(2)19(13-6-8-14(22)9-7-13)20(24)23-16-11-18(27-4)17(26-3)10-15(16)21(25)28-5/h6-12,19H,1-5H3,(H,23,24)/t19-/m0/s1. The molecule has 2 aromatic carbocycles. The zero-order valence-corrected chi connectivity index (χ0v) is 17.3. The molecule has 0 unspecified atom stereocenters. The van der Waals surface area contributed by atoms with Crippen LogP contribution >= 0.6 is 11.6 Å². The highest BCUT2D eigenvalue weighted by Gasteiger charge is 2.26. The first-order chi connectivity index (χ1) is 13.3. The number of ether oxygens (including phenoxy) is 3. The number of nitrogens with one attached hydrogen (secondary N) is 1. The molecule has 0 aliphatic heterocycles. The van der Waals surface area contributed by atoms with Crippen LogP contribution < -0.4 is 14.8 Å². The Morgan fingerprint density at radius 2 is 1.54 bits per heavy atom. The molecule has 6 nitrogen and oxygen atoms in total. The Balaban J connectivity index is 2.44. The number of hydrogen-bond acceptors (Lipinski definition) is 5. The molecule has 28 heavy (non-hydrogen) atoms. The van der Waals surface area contributed by atoms with Gasteiger partial charge in [0.15, 0.2) is 11.5 Å². The van der Waals surface area contributed by atoms with E-state index in [0.29, 0.717) is 16.5 Å². The number of anilines is 1. The summed E-state index contributed by atoms with van der Waals surface area (Å²) in [6.07, 6.45) is 0. The molecule has 0 saturated carbocycles. The smallest absolute Gasteiger partial charge is 0.340 e. The summed E-state index contributed by atoms with van der Waals surface area (Å²) in [5.74, 6) is -0.519. The number of benzene rings is 2. The van der Waals surface area contributed by atoms with E-state index in [0.717, 1.165) is 5.56 Å². The third-order valence-corrected chi connectivity index (χ3v) is 4.62. The third kappa shape index (κ3) is 4.75. The van der Waals surface area contributed by atoms with Crippen LogP contribution in [0.2, 0.25) is 5.02 Å². The van der Waals surface area contributed by atoms with Crippen molar-refractivity contribution in [2.45, 2.75) is 19.8 Å². The van der Waals surface area contributed by atoms with Crippen molar-refractivity contribution in [3.05, 3.63) is 52.5 Å². The quantitative estimate of drug-likeness (QED) is 0.685. The van der Waals surface area contributed by atoms with E-state index < -0.39 is 11.9 Å². The molecule has 0 aromatic heterocycles. The van der Waals surface area contributed by atoms with Crippen LogP contribution in [0.3, 0.4) is 0 Å². The van der Waals surface area contributed by atoms with Crippen LogP contribution in [0.4, 0.5) is 5.69 Å². The summed E-state index contributed by atoms with van der Waals surface area (Å²) in [5.41, 5.74) is 1.29. The first-order valence-corrected chi connectivity index (χ1v) is 9.10. The van der Waals surface area contributed by atoms with Gasteiger partial charge in [0.1, 0.15) is 0 Å². The second kappa shape index (κ2) is 9.46. The number of halogens is 1. The first-order valence-electron chi connectivity index (χ1n) is 8.73. The molecule has 2 rings (SSSR count). The minimum Gasteiger partial charge on any atom is -0.493 e. The molecule has 0 saturated heterocycles. The molecule has 1 N–H and O–H groups in total. The normalized spacial score (nSPS) is 11.7. The van der Waals surface area contributed by atoms with E-state index in [9.17, 15) is 9.59 Å². The summed E-state index contributed by atoms with van der Waals surface area (Å²) < 4.78 is 15.4. The van der Waals surface area contributed by atoms with Crippen LogP contribution in [-0.4, -0.2) is 33.2 Å². The molecule has 7 heteroatoms. The maximum atomic E-state index is 13.1. The van der Waals surface area contributed by atoms with E-state index in [1.165, 1.54) is 27.4 Å². The van der Waals surface area contributed by atoms with Gasteiger partial charge in [0, 0.05) is 17.2 Å². The van der Waals surface area contributed by atoms with Gasteiger partial charge in [0.05, 0.1) is 38.5 Å². The van der Waals surface area contributed by atoms with Crippen molar-refractivity contribution >= 4 is 29.2 Å². The van der Waals surface area contributed by atoms with Crippen molar-refractivity contribution in [3.8, 4) is 11.5 Å². The predicted octanol–water partition coefficient (Wildman–Crippen LogP) is 4.52. The summed E-state index contributed by atoms with van der Waals surface area (Å²) in [7, 11) is 4.22. The number of carbonyl (C=O) groups is 2. The van der Waals surface area contributed by atoms with E-state index in [1.54, 1.807) is 18.2 Å². The summed E-state index contributed by atoms with van der Waals surface area (Å²) in [6, 6.07) is 10.2. The second-order valence-corrected chi connectivity index (χ2v) is 6.94. The van der Waals surface area contributed by atoms with Gasteiger partial charge in [-0.15, -0.1) is 0 Å². The largest absolute Gasteiger partial charge is 0.493 e. The van der Waals surface area contributed by atoms with E-state index >= 15 is 0 Å². The molecule has 0 radical (unpaired) electrons. The lowest BCUT2D eigenvalue weighted by atomic mass is 9.87. The summed E-state index contributed by atoms with van der Waals surface area (Å²) in [6.45, 7) is 3.91. The number of amides is 1. The average Bonchev–Trinajstić information content (AvgIpc) is 2.68. The maximum absolute atomic E-state index is 13.1. The molecule has 1 atom stereocenters. The average molecular weight is 406 g/mol. The predicted molar refractivity (Wildman–Crippen MR) is 109 cm³/mol. The molecular weight excluding hydrogens is 382 g/mol. The Bertz CT molecular complexity index is 849. The number of carbonyl (C=O) groups excluding carboxylic acids is 2. The molecule has 150 valence electrons. The van der Waals surface area contributed by atoms with Gasteiger partial charge >= 0.3 is 5.97 Å². The van der Waals surface area contributed by atoms with Crippen LogP contribution in [0.25, 0.3) is 0 Å². The zero-order chi connectivity index (χ0) is 20.8. The van der Waals surface area contributed by atoms with Gasteiger partial charge in [-0.1, -0.05) is 37.6 Å². The minimum atomic E-state index is -0.594. The van der Waals surface area contributed by atoms with Gasteiger partial charge in [-0.3, -0.25) is 4.79 Å². The lowest BCUT2D eigenvalue weighted by Crippen LogP contribution is -2.26. The Hall–Kier alpha value is -2.73. The summed E-state index contributed by atoms with van der Waals surface area (Å²) in [5, 5.41) is 3.43. The van der Waals surface area contributed by atoms with Gasteiger partial charge in [-0.2, -0.15) is 0 Å². The molecule has 2 aromatic rings. The van der Waals surface area contributed by atoms with Crippen molar-refractivity contribution < 1.29 is 23.8 Å². The first kappa shape index (κ1) is 21.6. The van der Waals surface area contributed by atoms with Crippen LogP contribution in [0.15, 0.2) is 36.4 Å². The number of hydrogen-bond donors (Lipinski definition) is 1. The van der Waals surface area contributed by atoms with Crippen LogP contribution in [0.5, 0.6) is 11.5 Å². The van der Waals surface area contributed by atoms with E-state index in [-0.39, 0.29) is 23.1 Å². The maximum Gasteiger partial charge on any atom is 0.340 e. The van der Waals surface area contributed by atoms with E-state index in [4.69, 9.17) is 25.8 Å². The Labute approximate surface area is 169 Å². The number of rotatable bonds is 7. The highest BCUT2D eigenvalue weighted by atomic mass is 35.5. The fourth-order valence-electron chi connectivity index (χ4n) is 2.98. The van der Waals surface area contributed by atoms with Crippen molar-refractivity contribution in [1.29, 1.82) is 0 Å². The van der Waals surface area contributed by atoms with E-state index in [2.05, 4.69) is 5.32 Å². The lowest BCUT2D eigenvalue weighted by Gasteiger charge is -2.22. The van der Waals surface area contributed by atoms with Crippen molar-refractivity contribution in [3.63, 3.8) is 0 Å². The fraction of sp³-hybridized carbons (Fsp3) is 0.333. The van der Waals surface area contributed by atoms with Gasteiger partial charge < -0.3 is 19.5 Å². The number of methoxy groups -OCH3 is 3. The third-order valence-electron chi connectivity index (χ3n) is 4.37.